The van der Waals surface area contributed by atoms with Crippen molar-refractivity contribution < 1.29 is 4.79 Å². The molecule has 2 heterocycles. The number of carbonyl (C=O) groups excluding carboxylic acids is 1. The lowest BCUT2D eigenvalue weighted by Crippen LogP contribution is -2.46. The van der Waals surface area contributed by atoms with E-state index in [1.54, 1.807) is 17.0 Å². The number of anilines is 3. The van der Waals surface area contributed by atoms with Crippen LogP contribution in [0.15, 0.2) is 60.7 Å². The van der Waals surface area contributed by atoms with Crippen molar-refractivity contribution in [1.82, 2.24) is 14.9 Å². The van der Waals surface area contributed by atoms with Gasteiger partial charge < -0.3 is 15.1 Å². The second kappa shape index (κ2) is 8.40. The predicted molar refractivity (Wildman–Crippen MR) is 112 cm³/mol. The second-order valence-electron chi connectivity index (χ2n) is 6.75. The van der Waals surface area contributed by atoms with Crippen molar-refractivity contribution in [2.24, 2.45) is 0 Å². The van der Waals surface area contributed by atoms with Crippen molar-refractivity contribution in [3.63, 3.8) is 0 Å². The van der Waals surface area contributed by atoms with Crippen molar-refractivity contribution in [2.75, 3.05) is 36.4 Å². The Morgan fingerprint density at radius 1 is 0.966 bits per heavy atom. The van der Waals surface area contributed by atoms with Gasteiger partial charge in [0, 0.05) is 43.5 Å². The van der Waals surface area contributed by atoms with Gasteiger partial charge in [-0.25, -0.2) is 4.98 Å². The van der Waals surface area contributed by atoms with E-state index in [1.165, 1.54) is 0 Å². The lowest BCUT2D eigenvalue weighted by Gasteiger charge is -2.32. The van der Waals surface area contributed by atoms with Crippen LogP contribution in [-0.4, -0.2) is 47.5 Å². The lowest BCUT2D eigenvalue weighted by molar-refractivity contribution is -0.118. The maximum Gasteiger partial charge on any atom is 0.228 e. The van der Waals surface area contributed by atoms with Crippen LogP contribution in [0.2, 0.25) is 0 Å². The third-order valence-electron chi connectivity index (χ3n) is 4.79. The zero-order valence-electron chi connectivity index (χ0n) is 15.8. The first-order valence-corrected chi connectivity index (χ1v) is 9.41. The summed E-state index contributed by atoms with van der Waals surface area (Å²) in [6.45, 7) is 2.66. The molecule has 1 amide bonds. The summed E-state index contributed by atoms with van der Waals surface area (Å²) in [6, 6.07) is 21.3. The summed E-state index contributed by atoms with van der Waals surface area (Å²) in [5, 5.41) is 12.4. The van der Waals surface area contributed by atoms with Crippen LogP contribution in [0.5, 0.6) is 0 Å². The number of aromatic nitrogens is 2. The molecule has 0 unspecified atom stereocenters. The fraction of sp³-hybridized carbons (Fsp3) is 0.182. The monoisotopic (exact) mass is 384 g/mol. The van der Waals surface area contributed by atoms with Gasteiger partial charge in [0.25, 0.3) is 0 Å². The van der Waals surface area contributed by atoms with E-state index < -0.39 is 0 Å². The maximum absolute atomic E-state index is 11.0. The molecular weight excluding hydrogens is 364 g/mol. The van der Waals surface area contributed by atoms with E-state index in [2.05, 4.69) is 16.3 Å². The minimum absolute atomic E-state index is 0.581. The molecule has 1 aliphatic heterocycles. The molecule has 29 heavy (non-hydrogen) atoms. The minimum atomic E-state index is 0.581. The van der Waals surface area contributed by atoms with Crippen molar-refractivity contribution in [3.05, 3.63) is 66.2 Å². The van der Waals surface area contributed by atoms with Gasteiger partial charge in [-0.2, -0.15) is 10.2 Å². The molecule has 0 saturated carbocycles. The molecule has 2 aromatic carbocycles. The number of rotatable bonds is 5. The van der Waals surface area contributed by atoms with Crippen LogP contribution in [0.1, 0.15) is 5.56 Å². The minimum Gasteiger partial charge on any atom is -0.342 e. The van der Waals surface area contributed by atoms with Crippen LogP contribution in [0.25, 0.3) is 11.3 Å². The van der Waals surface area contributed by atoms with Crippen LogP contribution in [0, 0.1) is 11.3 Å². The molecule has 0 spiro atoms. The van der Waals surface area contributed by atoms with Crippen molar-refractivity contribution in [1.29, 1.82) is 5.26 Å². The van der Waals surface area contributed by atoms with Crippen LogP contribution in [0.3, 0.4) is 0 Å². The summed E-state index contributed by atoms with van der Waals surface area (Å²) in [7, 11) is 0. The molecule has 1 fully saturated rings. The molecular formula is C22H20N6O. The molecule has 7 nitrogen and oxygen atoms in total. The van der Waals surface area contributed by atoms with Gasteiger partial charge in [0.05, 0.1) is 17.3 Å². The summed E-state index contributed by atoms with van der Waals surface area (Å²) in [5.41, 5.74) is 3.18. The number of piperazine rings is 1. The molecule has 144 valence electrons. The largest absolute Gasteiger partial charge is 0.342 e. The van der Waals surface area contributed by atoms with E-state index in [4.69, 9.17) is 15.2 Å². The van der Waals surface area contributed by atoms with E-state index in [0.717, 1.165) is 23.4 Å². The van der Waals surface area contributed by atoms with E-state index in [-0.39, 0.29) is 0 Å². The first-order chi connectivity index (χ1) is 14.2. The average Bonchev–Trinajstić information content (AvgIpc) is 2.79. The second-order valence-corrected chi connectivity index (χ2v) is 6.75. The normalized spacial score (nSPS) is 13.6. The first-order valence-electron chi connectivity index (χ1n) is 9.41. The molecule has 0 bridgehead atoms. The molecule has 1 aromatic heterocycles. The molecule has 1 N–H and O–H groups in total. The highest BCUT2D eigenvalue weighted by molar-refractivity contribution is 5.68. The summed E-state index contributed by atoms with van der Waals surface area (Å²) in [4.78, 5) is 24.3. The van der Waals surface area contributed by atoms with Crippen LogP contribution < -0.4 is 10.2 Å². The first kappa shape index (κ1) is 18.4. The highest BCUT2D eigenvalue weighted by atomic mass is 16.1. The van der Waals surface area contributed by atoms with Gasteiger partial charge in [0.2, 0.25) is 12.4 Å². The molecule has 0 atom stereocenters. The molecule has 4 rings (SSSR count). The number of benzene rings is 2. The summed E-state index contributed by atoms with van der Waals surface area (Å²) in [6.07, 6.45) is 0.883. The topological polar surface area (TPSA) is 85.2 Å². The molecule has 1 aliphatic rings. The Labute approximate surface area is 169 Å². The molecule has 0 aliphatic carbocycles. The molecule has 1 saturated heterocycles. The standard InChI is InChI=1S/C22H20N6O/c23-15-17-5-4-8-19(13-17)24-21-14-20(18-6-2-1-3-7-18)25-22(26-21)28-11-9-27(16-29)10-12-28/h1-8,13-14,16H,9-12H2,(H,24,25,26). The highest BCUT2D eigenvalue weighted by Gasteiger charge is 2.19. The number of hydrogen-bond acceptors (Lipinski definition) is 6. The SMILES string of the molecule is N#Cc1cccc(Nc2cc(-c3ccccc3)nc(N3CCN(C=O)CC3)n2)c1. The van der Waals surface area contributed by atoms with Crippen LogP contribution in [0.4, 0.5) is 17.5 Å². The van der Waals surface area contributed by atoms with E-state index in [9.17, 15) is 4.79 Å². The van der Waals surface area contributed by atoms with E-state index >= 15 is 0 Å². The predicted octanol–water partition coefficient (Wildman–Crippen LogP) is 3.04. The summed E-state index contributed by atoms with van der Waals surface area (Å²) in [5.74, 6) is 1.28. The Morgan fingerprint density at radius 3 is 2.48 bits per heavy atom. The zero-order chi connectivity index (χ0) is 20.1. The Kier molecular flexibility index (Phi) is 5.34. The van der Waals surface area contributed by atoms with Gasteiger partial charge in [-0.3, -0.25) is 4.79 Å². The fourth-order valence-electron chi connectivity index (χ4n) is 3.24. The van der Waals surface area contributed by atoms with Gasteiger partial charge in [-0.05, 0) is 18.2 Å². The van der Waals surface area contributed by atoms with Gasteiger partial charge in [0.1, 0.15) is 5.82 Å². The lowest BCUT2D eigenvalue weighted by atomic mass is 10.1. The molecule has 7 heteroatoms. The number of nitrogens with one attached hydrogen (secondary N) is 1. The number of hydrogen-bond donors (Lipinski definition) is 1. The van der Waals surface area contributed by atoms with E-state index in [1.807, 2.05) is 48.5 Å². The Morgan fingerprint density at radius 2 is 1.76 bits per heavy atom. The number of nitrogens with zero attached hydrogens (tertiary/aromatic N) is 5. The highest BCUT2D eigenvalue weighted by Crippen LogP contribution is 2.25. The average molecular weight is 384 g/mol. The number of carbonyl (C=O) groups is 1. The Bertz CT molecular complexity index is 1040. The van der Waals surface area contributed by atoms with Crippen molar-refractivity contribution in [3.8, 4) is 17.3 Å². The third kappa shape index (κ3) is 4.33. The quantitative estimate of drug-likeness (QED) is 0.681. The van der Waals surface area contributed by atoms with Crippen LogP contribution in [-0.2, 0) is 4.79 Å². The Hall–Kier alpha value is -3.92. The Balaban J connectivity index is 1.68. The fourth-order valence-corrected chi connectivity index (χ4v) is 3.24. The van der Waals surface area contributed by atoms with E-state index in [0.29, 0.717) is 43.5 Å². The van der Waals surface area contributed by atoms with Gasteiger partial charge in [-0.1, -0.05) is 36.4 Å². The smallest absolute Gasteiger partial charge is 0.228 e. The maximum atomic E-state index is 11.0. The van der Waals surface area contributed by atoms with Crippen molar-refractivity contribution in [2.45, 2.75) is 0 Å². The number of nitriles is 1. The van der Waals surface area contributed by atoms with Gasteiger partial charge in [-0.15, -0.1) is 0 Å². The van der Waals surface area contributed by atoms with Gasteiger partial charge >= 0.3 is 0 Å². The summed E-state index contributed by atoms with van der Waals surface area (Å²) >= 11 is 0. The van der Waals surface area contributed by atoms with Gasteiger partial charge in [0.15, 0.2) is 0 Å². The third-order valence-corrected chi connectivity index (χ3v) is 4.79. The number of amides is 1. The summed E-state index contributed by atoms with van der Waals surface area (Å²) < 4.78 is 0. The van der Waals surface area contributed by atoms with Crippen molar-refractivity contribution >= 4 is 23.9 Å². The zero-order valence-corrected chi connectivity index (χ0v) is 15.8. The van der Waals surface area contributed by atoms with Crippen LogP contribution >= 0.6 is 0 Å². The molecule has 0 radical (unpaired) electrons. The molecule has 3 aromatic rings.